The standard InChI is InChI=1S/C33H36FN3O7/c1-36(2)27-21-14-17-13-20-19(16-6-8-22(34)18(12-16)15-37-10-4-3-5-11-37)7-9-23(38)25(20)28(39)24(17)30(41)33(21,44)31(42)26(29(27)40)32(35)43/h6-9,12,17,21,27,38,40-41,44H,3-5,10-11,13-15H2,1-2H3,(H2,35,43)/t17-,21-,27-,33-/m0/s1. The highest BCUT2D eigenvalue weighted by Crippen LogP contribution is 2.53. The van der Waals surface area contributed by atoms with Crippen molar-refractivity contribution in [1.82, 2.24) is 9.80 Å². The molecule has 1 saturated heterocycles. The van der Waals surface area contributed by atoms with E-state index in [2.05, 4.69) is 4.90 Å². The molecule has 11 heteroatoms. The predicted molar refractivity (Wildman–Crippen MR) is 158 cm³/mol. The van der Waals surface area contributed by atoms with Crippen molar-refractivity contribution in [2.24, 2.45) is 17.6 Å². The first-order valence-corrected chi connectivity index (χ1v) is 14.9. The maximum Gasteiger partial charge on any atom is 0.255 e. The lowest BCUT2D eigenvalue weighted by molar-refractivity contribution is -0.148. The lowest BCUT2D eigenvalue weighted by Gasteiger charge is -2.50. The monoisotopic (exact) mass is 605 g/mol. The number of aromatic hydroxyl groups is 1. The minimum Gasteiger partial charge on any atom is -0.510 e. The van der Waals surface area contributed by atoms with Crippen LogP contribution in [-0.2, 0) is 22.6 Å². The number of benzene rings is 2. The zero-order valence-electron chi connectivity index (χ0n) is 24.6. The van der Waals surface area contributed by atoms with Crippen LogP contribution in [0, 0.1) is 17.7 Å². The smallest absolute Gasteiger partial charge is 0.255 e. The lowest BCUT2D eigenvalue weighted by Crippen LogP contribution is -2.63. The largest absolute Gasteiger partial charge is 0.510 e. The fraction of sp³-hybridized carbons (Fsp3) is 0.424. The summed E-state index contributed by atoms with van der Waals surface area (Å²) in [6.07, 6.45) is 3.42. The third kappa shape index (κ3) is 4.44. The number of hydrogen-bond donors (Lipinski definition) is 5. The summed E-state index contributed by atoms with van der Waals surface area (Å²) in [4.78, 5) is 43.4. The number of primary amides is 1. The number of piperidine rings is 1. The lowest BCUT2D eigenvalue weighted by atomic mass is 9.58. The van der Waals surface area contributed by atoms with Gasteiger partial charge in [-0.3, -0.25) is 24.2 Å². The number of fused-ring (bicyclic) bond motifs is 3. The zero-order chi connectivity index (χ0) is 31.7. The Morgan fingerprint density at radius 2 is 1.80 bits per heavy atom. The van der Waals surface area contributed by atoms with E-state index in [0.717, 1.165) is 32.4 Å². The van der Waals surface area contributed by atoms with E-state index in [9.17, 15) is 39.2 Å². The van der Waals surface area contributed by atoms with Crippen molar-refractivity contribution in [3.05, 3.63) is 75.5 Å². The Labute approximate surface area is 253 Å². The summed E-state index contributed by atoms with van der Waals surface area (Å²) < 4.78 is 14.9. The topological polar surface area (TPSA) is 165 Å². The first kappa shape index (κ1) is 30.0. The Bertz CT molecular complexity index is 1660. The van der Waals surface area contributed by atoms with Gasteiger partial charge < -0.3 is 26.2 Å². The summed E-state index contributed by atoms with van der Waals surface area (Å²) in [6, 6.07) is 6.76. The molecule has 4 aliphatic rings. The average Bonchev–Trinajstić information content (AvgIpc) is 2.96. The van der Waals surface area contributed by atoms with Crippen LogP contribution in [-0.4, -0.2) is 86.5 Å². The van der Waals surface area contributed by atoms with Crippen molar-refractivity contribution in [3.8, 4) is 16.9 Å². The van der Waals surface area contributed by atoms with E-state index >= 15 is 0 Å². The Morgan fingerprint density at radius 3 is 2.45 bits per heavy atom. The number of phenols is 1. The van der Waals surface area contributed by atoms with Gasteiger partial charge in [-0.25, -0.2) is 4.39 Å². The summed E-state index contributed by atoms with van der Waals surface area (Å²) in [6.45, 7) is 2.23. The number of aliphatic hydroxyl groups is 3. The van der Waals surface area contributed by atoms with Gasteiger partial charge in [0.1, 0.15) is 28.7 Å². The van der Waals surface area contributed by atoms with Crippen LogP contribution in [0.2, 0.25) is 0 Å². The Balaban J connectivity index is 1.46. The van der Waals surface area contributed by atoms with Gasteiger partial charge in [0.15, 0.2) is 11.4 Å². The molecule has 0 unspecified atom stereocenters. The van der Waals surface area contributed by atoms with Crippen LogP contribution < -0.4 is 5.73 Å². The number of ketones is 2. The first-order valence-electron chi connectivity index (χ1n) is 14.9. The molecule has 1 aliphatic heterocycles. The minimum atomic E-state index is -2.70. The summed E-state index contributed by atoms with van der Waals surface area (Å²) in [7, 11) is 3.17. The number of hydrogen-bond acceptors (Lipinski definition) is 9. The minimum absolute atomic E-state index is 0.00944. The number of likely N-dealkylation sites (N-methyl/N-ethyl adjacent to an activating group) is 1. The van der Waals surface area contributed by atoms with Crippen LogP contribution in [0.25, 0.3) is 11.1 Å². The molecule has 0 aromatic heterocycles. The molecular formula is C33H36FN3O7. The van der Waals surface area contributed by atoms with E-state index < -0.39 is 58.0 Å². The number of nitrogens with two attached hydrogens (primary N) is 1. The molecule has 2 aromatic rings. The van der Waals surface area contributed by atoms with Gasteiger partial charge in [0.2, 0.25) is 5.78 Å². The number of allylic oxidation sites excluding steroid dienone is 1. The molecule has 4 atom stereocenters. The van der Waals surface area contributed by atoms with Gasteiger partial charge in [-0.2, -0.15) is 0 Å². The summed E-state index contributed by atoms with van der Waals surface area (Å²) in [5.41, 5.74) is 3.86. The number of carbonyl (C=O) groups excluding carboxylic acids is 3. The Hall–Kier alpha value is -4.06. The number of rotatable bonds is 5. The maximum absolute atomic E-state index is 14.9. The molecule has 0 spiro atoms. The molecule has 0 radical (unpaired) electrons. The van der Waals surface area contributed by atoms with E-state index in [1.165, 1.54) is 17.0 Å². The first-order chi connectivity index (χ1) is 20.9. The molecule has 3 aliphatic carbocycles. The molecule has 44 heavy (non-hydrogen) atoms. The van der Waals surface area contributed by atoms with Gasteiger partial charge in [0.25, 0.3) is 5.91 Å². The number of halogens is 1. The number of likely N-dealkylation sites (tertiary alicyclic amines) is 1. The van der Waals surface area contributed by atoms with Crippen molar-refractivity contribution in [2.45, 2.75) is 50.3 Å². The third-order valence-electron chi connectivity index (χ3n) is 9.81. The number of phenolic OH excluding ortho intramolecular Hbond substituents is 1. The van der Waals surface area contributed by atoms with Crippen LogP contribution in [0.5, 0.6) is 5.75 Å². The molecule has 232 valence electrons. The van der Waals surface area contributed by atoms with Gasteiger partial charge in [-0.15, -0.1) is 0 Å². The van der Waals surface area contributed by atoms with Gasteiger partial charge in [-0.05, 0) is 93.7 Å². The normalized spacial score (nSPS) is 27.3. The second-order valence-electron chi connectivity index (χ2n) is 12.6. The van der Waals surface area contributed by atoms with E-state index in [0.29, 0.717) is 28.8 Å². The van der Waals surface area contributed by atoms with Crippen molar-refractivity contribution in [1.29, 1.82) is 0 Å². The number of Topliss-reactive ketones (excluding diaryl/α,β-unsaturated/α-hetero) is 2. The quantitative estimate of drug-likeness (QED) is 0.322. The summed E-state index contributed by atoms with van der Waals surface area (Å²) >= 11 is 0. The number of aliphatic hydroxyl groups excluding tert-OH is 2. The van der Waals surface area contributed by atoms with Crippen molar-refractivity contribution in [3.63, 3.8) is 0 Å². The van der Waals surface area contributed by atoms with Crippen LogP contribution in [0.3, 0.4) is 0 Å². The highest BCUT2D eigenvalue weighted by atomic mass is 19.1. The van der Waals surface area contributed by atoms with Crippen molar-refractivity contribution >= 4 is 17.5 Å². The van der Waals surface area contributed by atoms with Crippen molar-refractivity contribution < 1.29 is 39.2 Å². The molecule has 1 heterocycles. The Morgan fingerprint density at radius 1 is 1.09 bits per heavy atom. The van der Waals surface area contributed by atoms with Gasteiger partial charge in [0.05, 0.1) is 11.6 Å². The van der Waals surface area contributed by atoms with E-state index in [1.54, 1.807) is 32.3 Å². The van der Waals surface area contributed by atoms with Gasteiger partial charge >= 0.3 is 0 Å². The average molecular weight is 606 g/mol. The second kappa shape index (κ2) is 10.8. The maximum atomic E-state index is 14.9. The predicted octanol–water partition coefficient (Wildman–Crippen LogP) is 2.91. The van der Waals surface area contributed by atoms with E-state index in [4.69, 9.17) is 5.73 Å². The molecular weight excluding hydrogens is 569 g/mol. The second-order valence-corrected chi connectivity index (χ2v) is 12.6. The fourth-order valence-electron chi connectivity index (χ4n) is 7.74. The molecule has 1 amide bonds. The van der Waals surface area contributed by atoms with E-state index in [-0.39, 0.29) is 35.5 Å². The van der Waals surface area contributed by atoms with Crippen LogP contribution in [0.1, 0.15) is 47.2 Å². The van der Waals surface area contributed by atoms with Gasteiger partial charge in [-0.1, -0.05) is 18.6 Å². The summed E-state index contributed by atoms with van der Waals surface area (Å²) in [5.74, 6) is -7.32. The molecule has 0 saturated carbocycles. The van der Waals surface area contributed by atoms with Crippen LogP contribution in [0.4, 0.5) is 4.39 Å². The molecule has 6 N–H and O–H groups in total. The third-order valence-corrected chi connectivity index (χ3v) is 9.81. The number of amides is 1. The molecule has 6 rings (SSSR count). The zero-order valence-corrected chi connectivity index (χ0v) is 24.6. The number of nitrogens with zero attached hydrogens (tertiary/aromatic N) is 2. The van der Waals surface area contributed by atoms with Crippen LogP contribution >= 0.6 is 0 Å². The SMILES string of the molecule is CN(C)[C@@H]1C(O)=C(C(N)=O)C(=O)[C@@]2(O)C(O)=C3C(=O)c4c(O)ccc(-c5ccc(F)c(CN6CCCCC6)c5)c4C[C@H]3C[C@@H]12. The fourth-order valence-corrected chi connectivity index (χ4v) is 7.74. The Kier molecular flexibility index (Phi) is 7.38. The van der Waals surface area contributed by atoms with Gasteiger partial charge in [0, 0.05) is 23.6 Å². The number of carbonyl (C=O) groups is 3. The van der Waals surface area contributed by atoms with E-state index in [1.807, 2.05) is 0 Å². The highest BCUT2D eigenvalue weighted by molar-refractivity contribution is 6.24. The van der Waals surface area contributed by atoms with Crippen LogP contribution in [0.15, 0.2) is 53.0 Å². The highest BCUT2D eigenvalue weighted by Gasteiger charge is 2.63. The summed E-state index contributed by atoms with van der Waals surface area (Å²) in [5, 5.41) is 45.1. The molecule has 10 nitrogen and oxygen atoms in total. The molecule has 0 bridgehead atoms. The van der Waals surface area contributed by atoms with Crippen molar-refractivity contribution in [2.75, 3.05) is 27.2 Å². The molecule has 2 aromatic carbocycles. The molecule has 1 fully saturated rings.